The molecule has 0 fully saturated rings. The summed E-state index contributed by atoms with van der Waals surface area (Å²) in [5.74, 6) is -0.555. The van der Waals surface area contributed by atoms with Crippen LogP contribution in [0.5, 0.6) is 0 Å². The molecule has 6 nitrogen and oxygen atoms in total. The van der Waals surface area contributed by atoms with Crippen LogP contribution in [0.4, 0.5) is 0 Å². The Balaban J connectivity index is 2.76. The molecule has 0 bridgehead atoms. The van der Waals surface area contributed by atoms with Crippen molar-refractivity contribution in [3.63, 3.8) is 0 Å². The molecular formula is C14H21N3O3. The fraction of sp³-hybridized carbons (Fsp3) is 0.500. The average Bonchev–Trinajstić information content (AvgIpc) is 2.33. The first-order valence-electron chi connectivity index (χ1n) is 6.52. The van der Waals surface area contributed by atoms with E-state index in [4.69, 9.17) is 0 Å². The first-order valence-corrected chi connectivity index (χ1v) is 6.52. The van der Waals surface area contributed by atoms with E-state index in [1.165, 1.54) is 23.4 Å². The van der Waals surface area contributed by atoms with Gasteiger partial charge in [-0.15, -0.1) is 0 Å². The molecule has 20 heavy (non-hydrogen) atoms. The van der Waals surface area contributed by atoms with Crippen LogP contribution in [0.2, 0.25) is 0 Å². The molecule has 6 heteroatoms. The molecule has 2 amide bonds. The molecule has 0 radical (unpaired) electrons. The number of nitrogens with zero attached hydrogens (tertiary/aromatic N) is 2. The summed E-state index contributed by atoms with van der Waals surface area (Å²) in [5, 5.41) is 14.0. The molecule has 0 spiro atoms. The summed E-state index contributed by atoms with van der Waals surface area (Å²) >= 11 is 0. The van der Waals surface area contributed by atoms with Gasteiger partial charge in [-0.25, -0.2) is 0 Å². The summed E-state index contributed by atoms with van der Waals surface area (Å²) in [5.41, 5.74) is -0.0717. The van der Waals surface area contributed by atoms with E-state index in [-0.39, 0.29) is 29.5 Å². The molecule has 0 aliphatic heterocycles. The zero-order valence-corrected chi connectivity index (χ0v) is 12.3. The van der Waals surface area contributed by atoms with Gasteiger partial charge in [0.1, 0.15) is 5.56 Å². The van der Waals surface area contributed by atoms with Crippen LogP contribution in [-0.4, -0.2) is 35.3 Å². The molecule has 110 valence electrons. The van der Waals surface area contributed by atoms with E-state index in [0.717, 1.165) is 0 Å². The normalized spacial score (nSPS) is 11.0. The zero-order valence-electron chi connectivity index (χ0n) is 12.3. The summed E-state index contributed by atoms with van der Waals surface area (Å²) in [4.78, 5) is 25.5. The third-order valence-electron chi connectivity index (χ3n) is 2.54. The van der Waals surface area contributed by atoms with Crippen LogP contribution in [0.3, 0.4) is 0 Å². The molecule has 1 N–H and O–H groups in total. The number of hydrogen-bond acceptors (Lipinski definition) is 3. The van der Waals surface area contributed by atoms with Crippen LogP contribution in [0, 0.1) is 5.21 Å². The van der Waals surface area contributed by atoms with Gasteiger partial charge in [-0.3, -0.25) is 9.59 Å². The van der Waals surface area contributed by atoms with E-state index in [1.54, 1.807) is 13.0 Å². The highest BCUT2D eigenvalue weighted by Gasteiger charge is 2.21. The Morgan fingerprint density at radius 1 is 1.40 bits per heavy atom. The van der Waals surface area contributed by atoms with Gasteiger partial charge in [0.25, 0.3) is 5.91 Å². The van der Waals surface area contributed by atoms with E-state index in [0.29, 0.717) is 11.3 Å². The Labute approximate surface area is 119 Å². The molecule has 0 saturated carbocycles. The molecule has 0 aliphatic carbocycles. The highest BCUT2D eigenvalue weighted by Crippen LogP contribution is 2.03. The second-order valence-corrected chi connectivity index (χ2v) is 5.57. The molecule has 0 atom stereocenters. The van der Waals surface area contributed by atoms with Crippen molar-refractivity contribution >= 4 is 11.8 Å². The first-order chi connectivity index (χ1) is 9.23. The van der Waals surface area contributed by atoms with E-state index in [9.17, 15) is 14.8 Å². The Bertz CT molecular complexity index is 495. The largest absolute Gasteiger partial charge is 0.619 e. The van der Waals surface area contributed by atoms with Gasteiger partial charge in [0.05, 0.1) is 6.54 Å². The van der Waals surface area contributed by atoms with Gasteiger partial charge >= 0.3 is 0 Å². The molecule has 1 aromatic rings. The van der Waals surface area contributed by atoms with Crippen LogP contribution in [0.25, 0.3) is 0 Å². The average molecular weight is 279 g/mol. The van der Waals surface area contributed by atoms with Crippen molar-refractivity contribution in [2.75, 3.05) is 13.1 Å². The van der Waals surface area contributed by atoms with Crippen LogP contribution >= 0.6 is 0 Å². The summed E-state index contributed by atoms with van der Waals surface area (Å²) in [6, 6.07) is 3.06. The Kier molecular flexibility index (Phi) is 5.07. The van der Waals surface area contributed by atoms with Gasteiger partial charge in [0.2, 0.25) is 5.91 Å². The quantitative estimate of drug-likeness (QED) is 0.651. The van der Waals surface area contributed by atoms with E-state index in [2.05, 4.69) is 5.32 Å². The van der Waals surface area contributed by atoms with E-state index < -0.39 is 0 Å². The van der Waals surface area contributed by atoms with Crippen molar-refractivity contribution < 1.29 is 14.3 Å². The SMILES string of the molecule is CCN(CC(=O)NC(C)(C)C)C(=O)c1ccc[n+]([O-])c1. The molecule has 1 heterocycles. The molecule has 1 aromatic heterocycles. The predicted molar refractivity (Wildman–Crippen MR) is 74.9 cm³/mol. The third-order valence-corrected chi connectivity index (χ3v) is 2.54. The van der Waals surface area contributed by atoms with Crippen molar-refractivity contribution in [3.8, 4) is 0 Å². The molecule has 0 unspecified atom stereocenters. The van der Waals surface area contributed by atoms with Crippen LogP contribution in [0.1, 0.15) is 38.1 Å². The van der Waals surface area contributed by atoms with Gasteiger partial charge in [-0.2, -0.15) is 4.73 Å². The highest BCUT2D eigenvalue weighted by atomic mass is 16.5. The van der Waals surface area contributed by atoms with Crippen LogP contribution < -0.4 is 10.0 Å². The molecule has 0 aliphatic rings. The number of carbonyl (C=O) groups excluding carboxylic acids is 2. The smallest absolute Gasteiger partial charge is 0.260 e. The number of pyridine rings is 1. The summed E-state index contributed by atoms with van der Waals surface area (Å²) < 4.78 is 0.566. The Morgan fingerprint density at radius 2 is 2.05 bits per heavy atom. The predicted octanol–water partition coefficient (Wildman–Crippen LogP) is 0.697. The first kappa shape index (κ1) is 15.9. The summed E-state index contributed by atoms with van der Waals surface area (Å²) in [7, 11) is 0. The van der Waals surface area contributed by atoms with Crippen molar-refractivity contribution in [2.24, 2.45) is 0 Å². The minimum atomic E-state index is -0.343. The van der Waals surface area contributed by atoms with E-state index in [1.807, 2.05) is 20.8 Å². The molecule has 1 rings (SSSR count). The van der Waals surface area contributed by atoms with Gasteiger partial charge < -0.3 is 15.4 Å². The lowest BCUT2D eigenvalue weighted by molar-refractivity contribution is -0.605. The van der Waals surface area contributed by atoms with Crippen molar-refractivity contribution in [3.05, 3.63) is 35.3 Å². The maximum atomic E-state index is 12.2. The van der Waals surface area contributed by atoms with Gasteiger partial charge in [-0.1, -0.05) is 0 Å². The third kappa shape index (κ3) is 4.87. The Hall–Kier alpha value is -2.11. The number of aromatic nitrogens is 1. The minimum absolute atomic E-state index is 0.0274. The molecule has 0 aromatic carbocycles. The lowest BCUT2D eigenvalue weighted by Crippen LogP contribution is -2.47. The van der Waals surface area contributed by atoms with Crippen molar-refractivity contribution in [2.45, 2.75) is 33.2 Å². The highest BCUT2D eigenvalue weighted by molar-refractivity contribution is 5.96. The van der Waals surface area contributed by atoms with Gasteiger partial charge in [-0.05, 0) is 33.8 Å². The maximum Gasteiger partial charge on any atom is 0.260 e. The second-order valence-electron chi connectivity index (χ2n) is 5.57. The second kappa shape index (κ2) is 6.36. The topological polar surface area (TPSA) is 76.4 Å². The van der Waals surface area contributed by atoms with Crippen LogP contribution in [-0.2, 0) is 4.79 Å². The van der Waals surface area contributed by atoms with Gasteiger partial charge in [0.15, 0.2) is 12.4 Å². The van der Waals surface area contributed by atoms with Crippen molar-refractivity contribution in [1.29, 1.82) is 0 Å². The molecule has 0 saturated heterocycles. The minimum Gasteiger partial charge on any atom is -0.619 e. The van der Waals surface area contributed by atoms with Gasteiger partial charge in [0, 0.05) is 18.2 Å². The lowest BCUT2D eigenvalue weighted by Gasteiger charge is -2.24. The summed E-state index contributed by atoms with van der Waals surface area (Å²) in [6.07, 6.45) is 2.51. The zero-order chi connectivity index (χ0) is 15.3. The fourth-order valence-corrected chi connectivity index (χ4v) is 1.72. The van der Waals surface area contributed by atoms with Crippen LogP contribution in [0.15, 0.2) is 24.5 Å². The summed E-state index contributed by atoms with van der Waals surface area (Å²) in [6.45, 7) is 7.78. The standard InChI is InChI=1S/C14H21N3O3/c1-5-16(10-12(18)15-14(2,3)4)13(19)11-7-6-8-17(20)9-11/h6-9H,5,10H2,1-4H3,(H,15,18). The number of carbonyl (C=O) groups is 2. The monoisotopic (exact) mass is 279 g/mol. The lowest BCUT2D eigenvalue weighted by atomic mass is 10.1. The maximum absolute atomic E-state index is 12.2. The number of likely N-dealkylation sites (N-methyl/N-ethyl adjacent to an activating group) is 1. The number of amides is 2. The number of nitrogens with one attached hydrogen (secondary N) is 1. The van der Waals surface area contributed by atoms with E-state index >= 15 is 0 Å². The number of rotatable bonds is 4. The van der Waals surface area contributed by atoms with Crippen molar-refractivity contribution in [1.82, 2.24) is 10.2 Å². The molecular weight excluding hydrogens is 258 g/mol. The Morgan fingerprint density at radius 3 is 2.55 bits per heavy atom. The number of hydrogen-bond donors (Lipinski definition) is 1. The fourth-order valence-electron chi connectivity index (χ4n) is 1.72.